The Bertz CT molecular complexity index is 629. The Morgan fingerprint density at radius 3 is 2.75 bits per heavy atom. The Morgan fingerprint density at radius 1 is 1.30 bits per heavy atom. The SMILES string of the molecule is COc1cc(Cl)ccc1C(=O)Nc1ccccc1CN. The third-order valence-corrected chi connectivity index (χ3v) is 3.13. The molecule has 0 atom stereocenters. The molecule has 0 aliphatic carbocycles. The lowest BCUT2D eigenvalue weighted by Crippen LogP contribution is -2.15. The zero-order valence-corrected chi connectivity index (χ0v) is 11.8. The average molecular weight is 291 g/mol. The normalized spacial score (nSPS) is 10.2. The van der Waals surface area contributed by atoms with Gasteiger partial charge in [0.05, 0.1) is 12.7 Å². The molecule has 3 N–H and O–H groups in total. The van der Waals surface area contributed by atoms with E-state index < -0.39 is 0 Å². The van der Waals surface area contributed by atoms with Gasteiger partial charge in [0.25, 0.3) is 5.91 Å². The lowest BCUT2D eigenvalue weighted by molar-refractivity contribution is 0.102. The van der Waals surface area contributed by atoms with Gasteiger partial charge in [-0.15, -0.1) is 0 Å². The van der Waals surface area contributed by atoms with Crippen LogP contribution < -0.4 is 15.8 Å². The second-order valence-corrected chi connectivity index (χ2v) is 4.60. The van der Waals surface area contributed by atoms with Crippen LogP contribution in [0.3, 0.4) is 0 Å². The first-order valence-corrected chi connectivity index (χ1v) is 6.46. The van der Waals surface area contributed by atoms with Crippen LogP contribution in [0.1, 0.15) is 15.9 Å². The van der Waals surface area contributed by atoms with Gasteiger partial charge in [-0.3, -0.25) is 4.79 Å². The highest BCUT2D eigenvalue weighted by Crippen LogP contribution is 2.24. The number of hydrogen-bond acceptors (Lipinski definition) is 3. The minimum atomic E-state index is -0.264. The molecule has 0 saturated heterocycles. The first-order chi connectivity index (χ1) is 9.65. The van der Waals surface area contributed by atoms with Crippen molar-refractivity contribution in [2.75, 3.05) is 12.4 Å². The van der Waals surface area contributed by atoms with Crippen LogP contribution in [0.2, 0.25) is 5.02 Å². The topological polar surface area (TPSA) is 64.3 Å². The number of benzene rings is 2. The van der Waals surface area contributed by atoms with E-state index in [1.807, 2.05) is 24.3 Å². The first kappa shape index (κ1) is 14.4. The number of carbonyl (C=O) groups is 1. The molecule has 2 aromatic carbocycles. The van der Waals surface area contributed by atoms with E-state index in [-0.39, 0.29) is 5.91 Å². The molecule has 2 aromatic rings. The smallest absolute Gasteiger partial charge is 0.259 e. The average Bonchev–Trinajstić information content (AvgIpc) is 2.47. The van der Waals surface area contributed by atoms with Gasteiger partial charge >= 0.3 is 0 Å². The Balaban J connectivity index is 2.28. The van der Waals surface area contributed by atoms with E-state index in [1.54, 1.807) is 18.2 Å². The third kappa shape index (κ3) is 3.10. The summed E-state index contributed by atoms with van der Waals surface area (Å²) in [4.78, 5) is 12.3. The van der Waals surface area contributed by atoms with Gasteiger partial charge in [-0.2, -0.15) is 0 Å². The number of ether oxygens (including phenoxy) is 1. The van der Waals surface area contributed by atoms with Crippen molar-refractivity contribution in [3.05, 3.63) is 58.6 Å². The molecule has 20 heavy (non-hydrogen) atoms. The van der Waals surface area contributed by atoms with Crippen LogP contribution in [0.4, 0.5) is 5.69 Å². The Kier molecular flexibility index (Phi) is 4.61. The fourth-order valence-electron chi connectivity index (χ4n) is 1.86. The van der Waals surface area contributed by atoms with Gasteiger partial charge in [-0.05, 0) is 29.8 Å². The quantitative estimate of drug-likeness (QED) is 0.909. The van der Waals surface area contributed by atoms with E-state index in [0.717, 1.165) is 5.56 Å². The fourth-order valence-corrected chi connectivity index (χ4v) is 2.02. The molecular formula is C15H15ClN2O2. The van der Waals surface area contributed by atoms with E-state index in [0.29, 0.717) is 28.6 Å². The third-order valence-electron chi connectivity index (χ3n) is 2.89. The summed E-state index contributed by atoms with van der Waals surface area (Å²) in [5, 5.41) is 3.34. The molecule has 0 bridgehead atoms. The summed E-state index contributed by atoms with van der Waals surface area (Å²) < 4.78 is 5.17. The van der Waals surface area contributed by atoms with Gasteiger partial charge in [-0.1, -0.05) is 29.8 Å². The first-order valence-electron chi connectivity index (χ1n) is 6.08. The summed E-state index contributed by atoms with van der Waals surface area (Å²) in [6.45, 7) is 0.355. The van der Waals surface area contributed by atoms with Crippen molar-refractivity contribution in [2.45, 2.75) is 6.54 Å². The summed E-state index contributed by atoms with van der Waals surface area (Å²) in [6, 6.07) is 12.3. The standard InChI is InChI=1S/C15H15ClN2O2/c1-20-14-8-11(16)6-7-12(14)15(19)18-13-5-3-2-4-10(13)9-17/h2-8H,9,17H2,1H3,(H,18,19). The maximum atomic E-state index is 12.3. The van der Waals surface area contributed by atoms with Gasteiger partial charge in [0.15, 0.2) is 0 Å². The van der Waals surface area contributed by atoms with Crippen molar-refractivity contribution in [1.29, 1.82) is 0 Å². The van der Waals surface area contributed by atoms with Crippen LogP contribution in [0.5, 0.6) is 5.75 Å². The van der Waals surface area contributed by atoms with Crippen LogP contribution in [0, 0.1) is 0 Å². The van der Waals surface area contributed by atoms with Gasteiger partial charge in [0, 0.05) is 17.3 Å². The van der Waals surface area contributed by atoms with E-state index in [4.69, 9.17) is 22.1 Å². The van der Waals surface area contributed by atoms with E-state index in [1.165, 1.54) is 7.11 Å². The number of halogens is 1. The Morgan fingerprint density at radius 2 is 2.05 bits per heavy atom. The van der Waals surface area contributed by atoms with Crippen molar-refractivity contribution < 1.29 is 9.53 Å². The lowest BCUT2D eigenvalue weighted by atomic mass is 10.1. The van der Waals surface area contributed by atoms with Crippen molar-refractivity contribution in [1.82, 2.24) is 0 Å². The maximum Gasteiger partial charge on any atom is 0.259 e. The maximum absolute atomic E-state index is 12.3. The number of nitrogens with one attached hydrogen (secondary N) is 1. The molecule has 0 spiro atoms. The summed E-state index contributed by atoms with van der Waals surface area (Å²) in [5.41, 5.74) is 7.63. The number of nitrogens with two attached hydrogens (primary N) is 1. The minimum absolute atomic E-state index is 0.264. The predicted octanol–water partition coefficient (Wildman–Crippen LogP) is 3.06. The molecule has 0 aromatic heterocycles. The molecule has 4 nitrogen and oxygen atoms in total. The molecule has 0 aliphatic rings. The van der Waals surface area contributed by atoms with Crippen molar-refractivity contribution >= 4 is 23.2 Å². The van der Waals surface area contributed by atoms with Crippen molar-refractivity contribution in [2.24, 2.45) is 5.73 Å². The highest BCUT2D eigenvalue weighted by atomic mass is 35.5. The molecule has 0 radical (unpaired) electrons. The summed E-state index contributed by atoms with van der Waals surface area (Å²) in [6.07, 6.45) is 0. The van der Waals surface area contributed by atoms with Gasteiger partial charge in [0.2, 0.25) is 0 Å². The number of anilines is 1. The summed E-state index contributed by atoms with van der Waals surface area (Å²) in [5.74, 6) is 0.166. The van der Waals surface area contributed by atoms with Crippen LogP contribution in [-0.2, 0) is 6.54 Å². The second-order valence-electron chi connectivity index (χ2n) is 4.16. The number of para-hydroxylation sites is 1. The Labute approximate surface area is 122 Å². The molecular weight excluding hydrogens is 276 g/mol. The highest BCUT2D eigenvalue weighted by molar-refractivity contribution is 6.31. The molecule has 2 rings (SSSR count). The summed E-state index contributed by atoms with van der Waals surface area (Å²) >= 11 is 5.88. The number of hydrogen-bond donors (Lipinski definition) is 2. The number of rotatable bonds is 4. The highest BCUT2D eigenvalue weighted by Gasteiger charge is 2.13. The zero-order valence-electron chi connectivity index (χ0n) is 11.0. The number of carbonyl (C=O) groups excluding carboxylic acids is 1. The van der Waals surface area contributed by atoms with Gasteiger partial charge in [-0.25, -0.2) is 0 Å². The largest absolute Gasteiger partial charge is 0.496 e. The molecule has 0 saturated carbocycles. The Hall–Kier alpha value is -2.04. The molecule has 5 heteroatoms. The van der Waals surface area contributed by atoms with Crippen molar-refractivity contribution in [3.8, 4) is 5.75 Å². The number of amides is 1. The van der Waals surface area contributed by atoms with Gasteiger partial charge < -0.3 is 15.8 Å². The molecule has 0 aliphatic heterocycles. The molecule has 1 amide bonds. The monoisotopic (exact) mass is 290 g/mol. The summed E-state index contributed by atoms with van der Waals surface area (Å²) in [7, 11) is 1.50. The molecule has 104 valence electrons. The van der Waals surface area contributed by atoms with E-state index in [2.05, 4.69) is 5.32 Å². The predicted molar refractivity (Wildman–Crippen MR) is 80.3 cm³/mol. The molecule has 0 unspecified atom stereocenters. The fraction of sp³-hybridized carbons (Fsp3) is 0.133. The van der Waals surface area contributed by atoms with Crippen LogP contribution in [-0.4, -0.2) is 13.0 Å². The molecule has 0 fully saturated rings. The molecule has 0 heterocycles. The lowest BCUT2D eigenvalue weighted by Gasteiger charge is -2.12. The van der Waals surface area contributed by atoms with E-state index >= 15 is 0 Å². The number of methoxy groups -OCH3 is 1. The van der Waals surface area contributed by atoms with Crippen LogP contribution in [0.25, 0.3) is 0 Å². The minimum Gasteiger partial charge on any atom is -0.496 e. The van der Waals surface area contributed by atoms with Crippen LogP contribution >= 0.6 is 11.6 Å². The zero-order chi connectivity index (χ0) is 14.5. The second kappa shape index (κ2) is 6.41. The van der Waals surface area contributed by atoms with E-state index in [9.17, 15) is 4.79 Å². The van der Waals surface area contributed by atoms with Gasteiger partial charge in [0.1, 0.15) is 5.75 Å². The van der Waals surface area contributed by atoms with Crippen LogP contribution in [0.15, 0.2) is 42.5 Å². The van der Waals surface area contributed by atoms with Crippen molar-refractivity contribution in [3.63, 3.8) is 0 Å².